The van der Waals surface area contributed by atoms with Gasteiger partial charge in [0.15, 0.2) is 0 Å². The first kappa shape index (κ1) is 33.2. The Bertz CT molecular complexity index is 1330. The van der Waals surface area contributed by atoms with Gasteiger partial charge in [-0.25, -0.2) is 0 Å². The number of alkyl halides is 1. The molecule has 4 aromatic rings. The van der Waals surface area contributed by atoms with E-state index in [9.17, 15) is 5.11 Å². The molecule has 0 unspecified atom stereocenters. The summed E-state index contributed by atoms with van der Waals surface area (Å²) in [6.07, 6.45) is 0. The fraction of sp³-hybridized carbons (Fsp3) is 0.368. The van der Waals surface area contributed by atoms with Gasteiger partial charge in [0.2, 0.25) is 0 Å². The third-order valence-electron chi connectivity index (χ3n) is 7.03. The second kappa shape index (κ2) is 14.8. The second-order valence-corrected chi connectivity index (χ2v) is 12.7. The van der Waals surface area contributed by atoms with Crippen molar-refractivity contribution in [1.29, 1.82) is 0 Å². The van der Waals surface area contributed by atoms with Crippen molar-refractivity contribution in [3.63, 3.8) is 0 Å². The van der Waals surface area contributed by atoms with Crippen LogP contribution in [0.3, 0.4) is 0 Å². The summed E-state index contributed by atoms with van der Waals surface area (Å²) in [6, 6.07) is 29.1. The molecule has 0 saturated carbocycles. The lowest BCUT2D eigenvalue weighted by Crippen LogP contribution is -2.13. The minimum atomic E-state index is 0.0160. The Kier molecular flexibility index (Phi) is 11.7. The van der Waals surface area contributed by atoms with Gasteiger partial charge in [-0.3, -0.25) is 0 Å². The molecule has 1 N–H and O–H groups in total. The maximum absolute atomic E-state index is 9.38. The monoisotopic (exact) mass is 586 g/mol. The maximum Gasteiger partial charge on any atom is 0.119 e. The van der Waals surface area contributed by atoms with Crippen LogP contribution in [-0.2, 0) is 23.3 Å². The highest BCUT2D eigenvalue weighted by molar-refractivity contribution is 6.17. The van der Waals surface area contributed by atoms with Crippen LogP contribution in [0.15, 0.2) is 84.9 Å². The third kappa shape index (κ3) is 8.86. The van der Waals surface area contributed by atoms with Crippen LogP contribution in [0.5, 0.6) is 11.5 Å². The molecule has 0 fully saturated rings. The van der Waals surface area contributed by atoms with E-state index < -0.39 is 0 Å². The normalized spacial score (nSPS) is 11.5. The minimum absolute atomic E-state index is 0.0160. The zero-order valence-electron chi connectivity index (χ0n) is 26.6. The molecule has 0 aliphatic heterocycles. The van der Waals surface area contributed by atoms with Crippen molar-refractivity contribution in [2.75, 3.05) is 13.2 Å². The summed E-state index contributed by atoms with van der Waals surface area (Å²) < 4.78 is 11.2. The first-order valence-electron chi connectivity index (χ1n) is 14.8. The van der Waals surface area contributed by atoms with E-state index in [0.29, 0.717) is 19.1 Å². The number of rotatable bonds is 8. The Hall–Kier alpha value is -3.27. The smallest absolute Gasteiger partial charge is 0.119 e. The highest BCUT2D eigenvalue weighted by atomic mass is 35.5. The van der Waals surface area contributed by atoms with E-state index in [2.05, 4.69) is 96.1 Å². The topological polar surface area (TPSA) is 38.7 Å². The number of aliphatic hydroxyl groups is 1. The number of hydrogen-bond donors (Lipinski definition) is 1. The summed E-state index contributed by atoms with van der Waals surface area (Å²) in [5.74, 6) is 2.35. The molecular weight excluding hydrogens is 540 g/mol. The van der Waals surface area contributed by atoms with E-state index in [-0.39, 0.29) is 17.4 Å². The Morgan fingerprint density at radius 1 is 0.595 bits per heavy atom. The predicted octanol–water partition coefficient (Wildman–Crippen LogP) is 10.3. The molecule has 224 valence electrons. The van der Waals surface area contributed by atoms with Gasteiger partial charge in [0.05, 0.1) is 19.8 Å². The molecule has 4 aromatic carbocycles. The summed E-state index contributed by atoms with van der Waals surface area (Å²) >= 11 is 5.99. The average molecular weight is 587 g/mol. The van der Waals surface area contributed by atoms with E-state index in [4.69, 9.17) is 21.1 Å². The summed E-state index contributed by atoms with van der Waals surface area (Å²) in [7, 11) is 0. The summed E-state index contributed by atoms with van der Waals surface area (Å²) in [6.45, 7) is 18.7. The number of ether oxygens (including phenoxy) is 2. The summed E-state index contributed by atoms with van der Waals surface area (Å²) in [5, 5.41) is 9.38. The van der Waals surface area contributed by atoms with Gasteiger partial charge in [-0.15, -0.1) is 11.6 Å². The molecule has 0 amide bonds. The maximum atomic E-state index is 9.38. The lowest BCUT2D eigenvalue weighted by molar-refractivity contribution is 0.281. The standard InChI is InChI=1S/C19H23ClO.C19H24O2/c2*1-5-21-16-8-6-7-15(12-16)17-10-9-14(13-20)11-18(17)19(2,3)4/h6-12H,5,13H2,1-4H3;6-12,20H,5,13H2,1-4H3. The molecule has 0 aliphatic rings. The van der Waals surface area contributed by atoms with Crippen molar-refractivity contribution in [3.8, 4) is 33.8 Å². The van der Waals surface area contributed by atoms with Crippen molar-refractivity contribution in [2.45, 2.75) is 78.7 Å². The Morgan fingerprint density at radius 3 is 1.40 bits per heavy atom. The molecule has 0 aliphatic carbocycles. The van der Waals surface area contributed by atoms with E-state index in [1.54, 1.807) is 0 Å². The summed E-state index contributed by atoms with van der Waals surface area (Å²) in [4.78, 5) is 0. The van der Waals surface area contributed by atoms with Gasteiger partial charge in [-0.1, -0.05) is 102 Å². The number of benzene rings is 4. The van der Waals surface area contributed by atoms with Gasteiger partial charge in [0, 0.05) is 5.88 Å². The fourth-order valence-electron chi connectivity index (χ4n) is 4.95. The molecule has 0 spiro atoms. The molecule has 42 heavy (non-hydrogen) atoms. The minimum Gasteiger partial charge on any atom is -0.494 e. The van der Waals surface area contributed by atoms with E-state index >= 15 is 0 Å². The predicted molar refractivity (Wildman–Crippen MR) is 179 cm³/mol. The summed E-state index contributed by atoms with van der Waals surface area (Å²) in [5.41, 5.74) is 9.52. The lowest BCUT2D eigenvalue weighted by Gasteiger charge is -2.24. The van der Waals surface area contributed by atoms with Crippen molar-refractivity contribution in [3.05, 3.63) is 107 Å². The molecule has 0 radical (unpaired) electrons. The van der Waals surface area contributed by atoms with Gasteiger partial charge in [-0.2, -0.15) is 0 Å². The van der Waals surface area contributed by atoms with Crippen LogP contribution in [0.2, 0.25) is 0 Å². The average Bonchev–Trinajstić information content (AvgIpc) is 2.96. The number of hydrogen-bond acceptors (Lipinski definition) is 3. The molecule has 0 aromatic heterocycles. The number of halogens is 1. The zero-order valence-corrected chi connectivity index (χ0v) is 27.3. The largest absolute Gasteiger partial charge is 0.494 e. The lowest BCUT2D eigenvalue weighted by atomic mass is 9.81. The Balaban J connectivity index is 0.000000230. The Morgan fingerprint density at radius 2 is 1.02 bits per heavy atom. The van der Waals surface area contributed by atoms with Gasteiger partial charge >= 0.3 is 0 Å². The molecule has 3 nitrogen and oxygen atoms in total. The highest BCUT2D eigenvalue weighted by Gasteiger charge is 2.20. The zero-order chi connectivity index (χ0) is 30.9. The molecule has 0 saturated heterocycles. The van der Waals surface area contributed by atoms with Crippen molar-refractivity contribution < 1.29 is 14.6 Å². The molecule has 4 heteroatoms. The molecule has 0 heterocycles. The van der Waals surface area contributed by atoms with Crippen LogP contribution in [0.1, 0.15) is 77.6 Å². The van der Waals surface area contributed by atoms with Crippen LogP contribution in [0, 0.1) is 0 Å². The van der Waals surface area contributed by atoms with Gasteiger partial charge in [-0.05, 0) is 93.5 Å². The van der Waals surface area contributed by atoms with Crippen LogP contribution >= 0.6 is 11.6 Å². The Labute approximate surface area is 258 Å². The highest BCUT2D eigenvalue weighted by Crippen LogP contribution is 2.36. The van der Waals surface area contributed by atoms with Crippen LogP contribution in [-0.4, -0.2) is 18.3 Å². The van der Waals surface area contributed by atoms with Crippen molar-refractivity contribution >= 4 is 11.6 Å². The quantitative estimate of drug-likeness (QED) is 0.209. The molecule has 4 rings (SSSR count). The first-order valence-corrected chi connectivity index (χ1v) is 15.3. The fourth-order valence-corrected chi connectivity index (χ4v) is 5.12. The van der Waals surface area contributed by atoms with E-state index in [0.717, 1.165) is 28.2 Å². The van der Waals surface area contributed by atoms with Crippen LogP contribution < -0.4 is 9.47 Å². The molecule has 0 atom stereocenters. The number of aliphatic hydroxyl groups excluding tert-OH is 1. The van der Waals surface area contributed by atoms with Crippen molar-refractivity contribution in [1.82, 2.24) is 0 Å². The van der Waals surface area contributed by atoms with Gasteiger partial charge in [0.25, 0.3) is 0 Å². The first-order chi connectivity index (χ1) is 19.9. The van der Waals surface area contributed by atoms with Gasteiger partial charge < -0.3 is 14.6 Å². The molecule has 0 bridgehead atoms. The van der Waals surface area contributed by atoms with E-state index in [1.807, 2.05) is 44.2 Å². The van der Waals surface area contributed by atoms with Gasteiger partial charge in [0.1, 0.15) is 11.5 Å². The SMILES string of the molecule is CCOc1cccc(-c2ccc(CCl)cc2C(C)(C)C)c1.CCOc1cccc(-c2ccc(CO)cc2C(C)(C)C)c1. The van der Waals surface area contributed by atoms with Crippen LogP contribution in [0.4, 0.5) is 0 Å². The van der Waals surface area contributed by atoms with E-state index in [1.165, 1.54) is 27.8 Å². The second-order valence-electron chi connectivity index (χ2n) is 12.5. The molecular formula is C38H47ClO3. The third-order valence-corrected chi connectivity index (χ3v) is 7.34. The van der Waals surface area contributed by atoms with Crippen LogP contribution in [0.25, 0.3) is 22.3 Å². The van der Waals surface area contributed by atoms with Crippen molar-refractivity contribution in [2.24, 2.45) is 0 Å².